The number of aromatic nitrogens is 4. The number of carbonyl (C=O) groups is 2. The maximum absolute atomic E-state index is 11.8. The van der Waals surface area contributed by atoms with Crippen LogP contribution in [0, 0.1) is 0 Å². The van der Waals surface area contributed by atoms with Crippen molar-refractivity contribution in [3.05, 3.63) is 34.7 Å². The molecule has 0 aliphatic heterocycles. The lowest BCUT2D eigenvalue weighted by Crippen LogP contribution is -2.29. The second-order valence-corrected chi connectivity index (χ2v) is 4.62. The number of fused-ring (bicyclic) bond motifs is 3. The van der Waals surface area contributed by atoms with E-state index < -0.39 is 24.2 Å². The molecule has 0 saturated heterocycles. The van der Waals surface area contributed by atoms with Gasteiger partial charge in [0, 0.05) is 5.39 Å². The first-order valence-electron chi connectivity index (χ1n) is 6.27. The zero-order valence-electron chi connectivity index (χ0n) is 11.1. The lowest BCUT2D eigenvalue weighted by molar-refractivity contribution is -0.138. The fraction of sp³-hybridized carbons (Fsp3) is 0.154. The number of rotatable bonds is 4. The average Bonchev–Trinajstić information content (AvgIpc) is 2.73. The predicted octanol–water partition coefficient (Wildman–Crippen LogP) is -0.0846. The molecule has 3 aromatic rings. The van der Waals surface area contributed by atoms with Crippen molar-refractivity contribution in [3.8, 4) is 0 Å². The summed E-state index contributed by atoms with van der Waals surface area (Å²) in [6.07, 6.45) is 0. The molecule has 0 saturated carbocycles. The van der Waals surface area contributed by atoms with Gasteiger partial charge < -0.3 is 14.8 Å². The van der Waals surface area contributed by atoms with Crippen molar-refractivity contribution in [1.82, 2.24) is 19.3 Å². The summed E-state index contributed by atoms with van der Waals surface area (Å²) in [6.45, 7) is -0.985. The highest BCUT2D eigenvalue weighted by Crippen LogP contribution is 2.24. The molecule has 2 N–H and O–H groups in total. The molecule has 1 aromatic carbocycles. The molecule has 2 heterocycles. The first-order valence-corrected chi connectivity index (χ1v) is 6.27. The van der Waals surface area contributed by atoms with Crippen LogP contribution in [0.15, 0.2) is 29.1 Å². The topological polar surface area (TPSA) is 127 Å². The minimum absolute atomic E-state index is 0.121. The number of benzene rings is 1. The molecule has 0 spiro atoms. The molecule has 112 valence electrons. The molecule has 3 rings (SSSR count). The van der Waals surface area contributed by atoms with E-state index in [1.54, 1.807) is 24.3 Å². The minimum Gasteiger partial charge on any atom is -0.480 e. The summed E-state index contributed by atoms with van der Waals surface area (Å²) in [6, 6.07) is 6.86. The van der Waals surface area contributed by atoms with Crippen LogP contribution < -0.4 is 5.69 Å². The number of carboxylic acid groups (broad SMARTS) is 2. The molecule has 0 fully saturated rings. The Labute approximate surface area is 122 Å². The third kappa shape index (κ3) is 2.18. The Kier molecular flexibility index (Phi) is 3.09. The van der Waals surface area contributed by atoms with E-state index >= 15 is 0 Å². The van der Waals surface area contributed by atoms with Gasteiger partial charge in [0.15, 0.2) is 5.65 Å². The van der Waals surface area contributed by atoms with Crippen molar-refractivity contribution in [3.63, 3.8) is 0 Å². The molecule has 0 unspecified atom stereocenters. The maximum atomic E-state index is 11.8. The number of hydrogen-bond donors (Lipinski definition) is 2. The zero-order chi connectivity index (χ0) is 15.9. The average molecular weight is 302 g/mol. The summed E-state index contributed by atoms with van der Waals surface area (Å²) in [5, 5.41) is 22.4. The molecule has 0 aliphatic rings. The van der Waals surface area contributed by atoms with Crippen LogP contribution in [0.5, 0.6) is 0 Å². The van der Waals surface area contributed by atoms with E-state index in [0.717, 1.165) is 4.68 Å². The summed E-state index contributed by atoms with van der Waals surface area (Å²) in [5.74, 6) is -2.30. The Morgan fingerprint density at radius 2 is 1.77 bits per heavy atom. The Hall–Kier alpha value is -3.23. The van der Waals surface area contributed by atoms with Gasteiger partial charge in [-0.05, 0) is 6.07 Å². The molecule has 22 heavy (non-hydrogen) atoms. The first-order chi connectivity index (χ1) is 10.5. The largest absolute Gasteiger partial charge is 0.480 e. The van der Waals surface area contributed by atoms with Crippen LogP contribution in [0.4, 0.5) is 0 Å². The molecule has 0 bridgehead atoms. The molecule has 0 atom stereocenters. The van der Waals surface area contributed by atoms with Crippen LogP contribution in [0.2, 0.25) is 0 Å². The van der Waals surface area contributed by atoms with Crippen molar-refractivity contribution < 1.29 is 19.8 Å². The Morgan fingerprint density at radius 3 is 2.45 bits per heavy atom. The molecular formula is C13H10N4O5. The smallest absolute Gasteiger partial charge is 0.366 e. The molecule has 9 heteroatoms. The lowest BCUT2D eigenvalue weighted by Gasteiger charge is -2.03. The second-order valence-electron chi connectivity index (χ2n) is 4.62. The quantitative estimate of drug-likeness (QED) is 0.689. The van der Waals surface area contributed by atoms with Gasteiger partial charge in [0.1, 0.15) is 18.6 Å². The van der Waals surface area contributed by atoms with Gasteiger partial charge in [0.05, 0.1) is 5.52 Å². The van der Waals surface area contributed by atoms with Crippen LogP contribution in [0.3, 0.4) is 0 Å². The third-order valence-corrected chi connectivity index (χ3v) is 3.14. The Morgan fingerprint density at radius 1 is 1.09 bits per heavy atom. The van der Waals surface area contributed by atoms with Crippen molar-refractivity contribution in [2.45, 2.75) is 13.1 Å². The highest BCUT2D eigenvalue weighted by atomic mass is 16.4. The second kappa shape index (κ2) is 4.95. The van der Waals surface area contributed by atoms with Crippen molar-refractivity contribution in [2.24, 2.45) is 0 Å². The molecule has 0 radical (unpaired) electrons. The van der Waals surface area contributed by atoms with Crippen LogP contribution in [0.1, 0.15) is 0 Å². The van der Waals surface area contributed by atoms with Gasteiger partial charge in [-0.15, -0.1) is 0 Å². The summed E-state index contributed by atoms with van der Waals surface area (Å²) in [5.41, 5.74) is 0.129. The predicted molar refractivity (Wildman–Crippen MR) is 74.6 cm³/mol. The standard InChI is InChI=1S/C13H10N4O5/c18-9(19)5-16-8-4-2-1-3-7(8)11-12(16)14-13(22)17(15-11)6-10(20)21/h1-4H,5-6H2,(H,18,19)(H,20,21). The number of aliphatic carboxylic acids is 2. The summed E-state index contributed by atoms with van der Waals surface area (Å²) < 4.78 is 2.11. The van der Waals surface area contributed by atoms with E-state index in [9.17, 15) is 14.4 Å². The van der Waals surface area contributed by atoms with E-state index in [-0.39, 0.29) is 17.7 Å². The first kappa shape index (κ1) is 13.7. The van der Waals surface area contributed by atoms with E-state index in [1.165, 1.54) is 4.57 Å². The van der Waals surface area contributed by atoms with E-state index in [1.807, 2.05) is 0 Å². The van der Waals surface area contributed by atoms with E-state index in [0.29, 0.717) is 10.9 Å². The minimum atomic E-state index is -1.22. The maximum Gasteiger partial charge on any atom is 0.366 e. The number of nitrogens with zero attached hydrogens (tertiary/aromatic N) is 4. The van der Waals surface area contributed by atoms with Gasteiger partial charge in [0.2, 0.25) is 0 Å². The number of hydrogen-bond acceptors (Lipinski definition) is 5. The van der Waals surface area contributed by atoms with Gasteiger partial charge in [-0.3, -0.25) is 9.59 Å². The zero-order valence-corrected chi connectivity index (χ0v) is 11.1. The highest BCUT2D eigenvalue weighted by Gasteiger charge is 2.17. The van der Waals surface area contributed by atoms with Gasteiger partial charge in [-0.25, -0.2) is 9.48 Å². The highest BCUT2D eigenvalue weighted by molar-refractivity contribution is 6.04. The Bertz CT molecular complexity index is 972. The normalized spacial score (nSPS) is 11.1. The Balaban J connectivity index is 2.38. The fourth-order valence-corrected chi connectivity index (χ4v) is 2.32. The van der Waals surface area contributed by atoms with E-state index in [4.69, 9.17) is 10.2 Å². The third-order valence-electron chi connectivity index (χ3n) is 3.14. The van der Waals surface area contributed by atoms with Gasteiger partial charge in [-0.1, -0.05) is 18.2 Å². The number of para-hydroxylation sites is 1. The van der Waals surface area contributed by atoms with E-state index in [2.05, 4.69) is 10.1 Å². The van der Waals surface area contributed by atoms with Crippen molar-refractivity contribution in [2.75, 3.05) is 0 Å². The summed E-state index contributed by atoms with van der Waals surface area (Å²) in [7, 11) is 0. The lowest BCUT2D eigenvalue weighted by atomic mass is 10.2. The van der Waals surface area contributed by atoms with Crippen molar-refractivity contribution in [1.29, 1.82) is 0 Å². The van der Waals surface area contributed by atoms with Crippen LogP contribution in [-0.2, 0) is 22.7 Å². The van der Waals surface area contributed by atoms with Crippen LogP contribution >= 0.6 is 0 Å². The molecule has 0 aliphatic carbocycles. The molecule has 9 nitrogen and oxygen atoms in total. The van der Waals surface area contributed by atoms with Crippen LogP contribution in [-0.4, -0.2) is 41.5 Å². The molecular weight excluding hydrogens is 292 g/mol. The fourth-order valence-electron chi connectivity index (χ4n) is 2.32. The van der Waals surface area contributed by atoms with Gasteiger partial charge in [-0.2, -0.15) is 10.1 Å². The van der Waals surface area contributed by atoms with Crippen molar-refractivity contribution >= 4 is 34.0 Å². The monoisotopic (exact) mass is 302 g/mol. The summed E-state index contributed by atoms with van der Waals surface area (Å²) >= 11 is 0. The number of carboxylic acids is 2. The van der Waals surface area contributed by atoms with Crippen LogP contribution in [0.25, 0.3) is 22.1 Å². The molecule has 0 amide bonds. The van der Waals surface area contributed by atoms with Gasteiger partial charge in [0.25, 0.3) is 0 Å². The van der Waals surface area contributed by atoms with Gasteiger partial charge >= 0.3 is 17.6 Å². The summed E-state index contributed by atoms with van der Waals surface area (Å²) in [4.78, 5) is 37.4. The molecule has 2 aromatic heterocycles. The SMILES string of the molecule is O=C(O)Cn1nc2c3ccccc3n(CC(=O)O)c2nc1=O.